The molecular weight excluding hydrogens is 226 g/mol. The topological polar surface area (TPSA) is 30.5 Å². The first-order chi connectivity index (χ1) is 8.71. The van der Waals surface area contributed by atoms with E-state index in [-0.39, 0.29) is 0 Å². The van der Waals surface area contributed by atoms with Crippen LogP contribution < -0.4 is 14.8 Å². The van der Waals surface area contributed by atoms with Crippen LogP contribution in [0.4, 0.5) is 0 Å². The van der Waals surface area contributed by atoms with E-state index in [0.29, 0.717) is 6.04 Å². The fourth-order valence-electron chi connectivity index (χ4n) is 2.60. The number of nitrogens with one attached hydrogen (secondary N) is 1. The molecule has 3 heteroatoms. The van der Waals surface area contributed by atoms with Crippen molar-refractivity contribution in [2.45, 2.75) is 26.3 Å². The van der Waals surface area contributed by atoms with Gasteiger partial charge >= 0.3 is 0 Å². The van der Waals surface area contributed by atoms with E-state index >= 15 is 0 Å². The molecule has 2 rings (SSSR count). The molecule has 1 aromatic carbocycles. The second-order valence-corrected chi connectivity index (χ2v) is 5.02. The Balaban J connectivity index is 2.28. The zero-order valence-corrected chi connectivity index (χ0v) is 11.7. The molecule has 1 N–H and O–H groups in total. The third-order valence-corrected chi connectivity index (χ3v) is 3.80. The van der Waals surface area contributed by atoms with E-state index in [1.54, 1.807) is 14.2 Å². The van der Waals surface area contributed by atoms with Crippen molar-refractivity contribution >= 4 is 0 Å². The van der Waals surface area contributed by atoms with E-state index in [9.17, 15) is 0 Å². The summed E-state index contributed by atoms with van der Waals surface area (Å²) in [5.74, 6) is 3.29. The monoisotopic (exact) mass is 249 g/mol. The van der Waals surface area contributed by atoms with Gasteiger partial charge in [-0.15, -0.1) is 0 Å². The fraction of sp³-hybridized carbons (Fsp3) is 0.600. The molecular formula is C15H23NO2. The van der Waals surface area contributed by atoms with Crippen molar-refractivity contribution in [1.29, 1.82) is 0 Å². The Morgan fingerprint density at radius 2 is 2.06 bits per heavy atom. The summed E-state index contributed by atoms with van der Waals surface area (Å²) in [4.78, 5) is 0. The lowest BCUT2D eigenvalue weighted by Crippen LogP contribution is -2.23. The maximum atomic E-state index is 5.51. The van der Waals surface area contributed by atoms with Crippen molar-refractivity contribution in [1.82, 2.24) is 5.32 Å². The van der Waals surface area contributed by atoms with Gasteiger partial charge in [0, 0.05) is 17.7 Å². The minimum atomic E-state index is 0.394. The maximum Gasteiger partial charge on any atom is 0.127 e. The molecule has 1 aliphatic rings. The molecule has 0 amide bonds. The molecule has 3 atom stereocenters. The quantitative estimate of drug-likeness (QED) is 0.840. The largest absolute Gasteiger partial charge is 0.497 e. The highest BCUT2D eigenvalue weighted by Gasteiger charge is 2.40. The third-order valence-electron chi connectivity index (χ3n) is 3.80. The minimum absolute atomic E-state index is 0.394. The number of hydrogen-bond donors (Lipinski definition) is 1. The molecule has 3 nitrogen and oxygen atoms in total. The van der Waals surface area contributed by atoms with Crippen molar-refractivity contribution in [2.75, 3.05) is 20.8 Å². The average molecular weight is 249 g/mol. The summed E-state index contributed by atoms with van der Waals surface area (Å²) in [6.45, 7) is 5.43. The van der Waals surface area contributed by atoms with Crippen LogP contribution in [0.2, 0.25) is 0 Å². The second kappa shape index (κ2) is 5.61. The van der Waals surface area contributed by atoms with Crippen molar-refractivity contribution in [2.24, 2.45) is 11.8 Å². The Morgan fingerprint density at radius 3 is 2.56 bits per heavy atom. The first kappa shape index (κ1) is 13.2. The molecule has 0 radical (unpaired) electrons. The van der Waals surface area contributed by atoms with Crippen LogP contribution in [-0.2, 0) is 0 Å². The van der Waals surface area contributed by atoms with E-state index in [4.69, 9.17) is 9.47 Å². The van der Waals surface area contributed by atoms with Gasteiger partial charge in [-0.1, -0.05) is 19.9 Å². The summed E-state index contributed by atoms with van der Waals surface area (Å²) in [6.07, 6.45) is 1.30. The SMILES string of the molecule is CCNC(c1ccc(OC)cc1OC)C1CC1C. The molecule has 1 fully saturated rings. The van der Waals surface area contributed by atoms with Crippen LogP contribution in [0.5, 0.6) is 11.5 Å². The van der Waals surface area contributed by atoms with E-state index in [0.717, 1.165) is 29.9 Å². The van der Waals surface area contributed by atoms with Crippen LogP contribution >= 0.6 is 0 Å². The lowest BCUT2D eigenvalue weighted by Gasteiger charge is -2.21. The van der Waals surface area contributed by atoms with Gasteiger partial charge < -0.3 is 14.8 Å². The van der Waals surface area contributed by atoms with Gasteiger partial charge in [-0.25, -0.2) is 0 Å². The lowest BCUT2D eigenvalue weighted by atomic mass is 9.99. The highest BCUT2D eigenvalue weighted by atomic mass is 16.5. The van der Waals surface area contributed by atoms with Crippen molar-refractivity contribution in [3.63, 3.8) is 0 Å². The van der Waals surface area contributed by atoms with E-state index in [2.05, 4.69) is 25.2 Å². The van der Waals surface area contributed by atoms with Crippen molar-refractivity contribution in [3.05, 3.63) is 23.8 Å². The van der Waals surface area contributed by atoms with Gasteiger partial charge in [0.1, 0.15) is 11.5 Å². The minimum Gasteiger partial charge on any atom is -0.497 e. The first-order valence-electron chi connectivity index (χ1n) is 6.66. The van der Waals surface area contributed by atoms with E-state index in [1.165, 1.54) is 12.0 Å². The van der Waals surface area contributed by atoms with Gasteiger partial charge in [0.05, 0.1) is 14.2 Å². The van der Waals surface area contributed by atoms with Gasteiger partial charge in [-0.3, -0.25) is 0 Å². The summed E-state index contributed by atoms with van der Waals surface area (Å²) >= 11 is 0. The Labute approximate surface area is 109 Å². The van der Waals surface area contributed by atoms with Gasteiger partial charge in [-0.2, -0.15) is 0 Å². The molecule has 0 bridgehead atoms. The molecule has 18 heavy (non-hydrogen) atoms. The summed E-state index contributed by atoms with van der Waals surface area (Å²) in [7, 11) is 3.40. The van der Waals surface area contributed by atoms with Gasteiger partial charge in [0.25, 0.3) is 0 Å². The Kier molecular flexibility index (Phi) is 4.12. The smallest absolute Gasteiger partial charge is 0.127 e. The zero-order chi connectivity index (χ0) is 13.1. The molecule has 0 aliphatic heterocycles. The molecule has 0 spiro atoms. The molecule has 0 aromatic heterocycles. The predicted octanol–water partition coefficient (Wildman–Crippen LogP) is 3.01. The standard InChI is InChI=1S/C15H23NO2/c1-5-16-15(13-8-10(13)2)12-7-6-11(17-3)9-14(12)18-4/h6-7,9-10,13,15-16H,5,8H2,1-4H3. The van der Waals surface area contributed by atoms with Gasteiger partial charge in [0.2, 0.25) is 0 Å². The van der Waals surface area contributed by atoms with Gasteiger partial charge in [-0.05, 0) is 30.9 Å². The maximum absolute atomic E-state index is 5.51. The molecule has 100 valence electrons. The second-order valence-electron chi connectivity index (χ2n) is 5.02. The van der Waals surface area contributed by atoms with Crippen molar-refractivity contribution in [3.8, 4) is 11.5 Å². The van der Waals surface area contributed by atoms with E-state index < -0.39 is 0 Å². The summed E-state index contributed by atoms with van der Waals surface area (Å²) < 4.78 is 10.8. The normalized spacial score (nSPS) is 23.6. The molecule has 0 saturated heterocycles. The number of rotatable bonds is 6. The first-order valence-corrected chi connectivity index (χ1v) is 6.66. The van der Waals surface area contributed by atoms with Crippen LogP contribution in [0.1, 0.15) is 31.9 Å². The Hall–Kier alpha value is -1.22. The van der Waals surface area contributed by atoms with Crippen molar-refractivity contribution < 1.29 is 9.47 Å². The molecule has 0 heterocycles. The fourth-order valence-corrected chi connectivity index (χ4v) is 2.60. The highest BCUT2D eigenvalue weighted by Crippen LogP contribution is 2.48. The molecule has 1 aliphatic carbocycles. The average Bonchev–Trinajstić information content (AvgIpc) is 3.12. The lowest BCUT2D eigenvalue weighted by molar-refractivity contribution is 0.378. The number of methoxy groups -OCH3 is 2. The van der Waals surface area contributed by atoms with Crippen LogP contribution in [0.3, 0.4) is 0 Å². The van der Waals surface area contributed by atoms with Gasteiger partial charge in [0.15, 0.2) is 0 Å². The number of hydrogen-bond acceptors (Lipinski definition) is 3. The van der Waals surface area contributed by atoms with Crippen LogP contribution in [0.15, 0.2) is 18.2 Å². The third kappa shape index (κ3) is 2.61. The molecule has 1 aromatic rings. The summed E-state index contributed by atoms with van der Waals surface area (Å²) in [5.41, 5.74) is 1.24. The Bertz CT molecular complexity index is 405. The highest BCUT2D eigenvalue weighted by molar-refractivity contribution is 5.43. The molecule has 1 saturated carbocycles. The molecule has 3 unspecified atom stereocenters. The van der Waals surface area contributed by atoms with Crippen LogP contribution in [0, 0.1) is 11.8 Å². The predicted molar refractivity (Wildman–Crippen MR) is 73.2 cm³/mol. The van der Waals surface area contributed by atoms with Crippen LogP contribution in [-0.4, -0.2) is 20.8 Å². The number of ether oxygens (including phenoxy) is 2. The zero-order valence-electron chi connectivity index (χ0n) is 11.7. The number of benzene rings is 1. The van der Waals surface area contributed by atoms with Crippen LogP contribution in [0.25, 0.3) is 0 Å². The Morgan fingerprint density at radius 1 is 1.33 bits per heavy atom. The van der Waals surface area contributed by atoms with E-state index in [1.807, 2.05) is 12.1 Å². The summed E-state index contributed by atoms with van der Waals surface area (Å²) in [6, 6.07) is 6.49. The summed E-state index contributed by atoms with van der Waals surface area (Å²) in [5, 5.41) is 3.58.